The molecule has 0 aromatic heterocycles. The predicted octanol–water partition coefficient (Wildman–Crippen LogP) is 3.17. The van der Waals surface area contributed by atoms with Crippen molar-refractivity contribution in [3.8, 4) is 5.75 Å². The number of halogens is 2. The number of likely N-dealkylation sites (tertiary alicyclic amines) is 1. The first-order valence-electron chi connectivity index (χ1n) is 6.16. The van der Waals surface area contributed by atoms with E-state index in [2.05, 4.69) is 4.90 Å². The molecular weight excluding hydrogens is 289 g/mol. The Morgan fingerprint density at radius 1 is 1.32 bits per heavy atom. The molecule has 0 saturated carbocycles. The van der Waals surface area contributed by atoms with Gasteiger partial charge in [-0.25, -0.2) is 4.79 Å². The predicted molar refractivity (Wildman–Crippen MR) is 74.6 cm³/mol. The number of carboxylic acid groups (broad SMARTS) is 1. The zero-order chi connectivity index (χ0) is 13.8. The van der Waals surface area contributed by atoms with E-state index in [4.69, 9.17) is 33.0 Å². The highest BCUT2D eigenvalue weighted by Gasteiger charge is 2.18. The van der Waals surface area contributed by atoms with Crippen molar-refractivity contribution in [2.24, 2.45) is 0 Å². The van der Waals surface area contributed by atoms with Gasteiger partial charge in [-0.3, -0.25) is 4.90 Å². The molecule has 1 N–H and O–H groups in total. The number of ether oxygens (including phenoxy) is 1. The first-order chi connectivity index (χ1) is 9.09. The molecule has 0 aliphatic carbocycles. The Hall–Kier alpha value is -0.970. The van der Waals surface area contributed by atoms with E-state index in [1.807, 2.05) is 0 Å². The molecule has 4 nitrogen and oxygen atoms in total. The maximum Gasteiger partial charge on any atom is 0.338 e. The van der Waals surface area contributed by atoms with Crippen LogP contribution in [-0.2, 0) is 0 Å². The molecule has 0 amide bonds. The highest BCUT2D eigenvalue weighted by Crippen LogP contribution is 2.33. The molecule has 1 aliphatic heterocycles. The largest absolute Gasteiger partial charge is 0.491 e. The van der Waals surface area contributed by atoms with Crippen LogP contribution in [0.1, 0.15) is 23.2 Å². The average molecular weight is 304 g/mol. The summed E-state index contributed by atoms with van der Waals surface area (Å²) in [7, 11) is 0. The van der Waals surface area contributed by atoms with Crippen LogP contribution < -0.4 is 4.74 Å². The van der Waals surface area contributed by atoms with E-state index in [1.165, 1.54) is 18.9 Å². The molecule has 0 bridgehead atoms. The summed E-state index contributed by atoms with van der Waals surface area (Å²) in [5.74, 6) is -0.789. The fourth-order valence-electron chi connectivity index (χ4n) is 2.13. The molecule has 0 atom stereocenters. The second-order valence-corrected chi connectivity index (χ2v) is 5.22. The summed E-state index contributed by atoms with van der Waals surface area (Å²) >= 11 is 11.8. The second kappa shape index (κ2) is 6.46. The molecule has 6 heteroatoms. The van der Waals surface area contributed by atoms with Gasteiger partial charge >= 0.3 is 5.97 Å². The van der Waals surface area contributed by atoms with Gasteiger partial charge in [-0.05, 0) is 38.1 Å². The average Bonchev–Trinajstić information content (AvgIpc) is 2.85. The molecule has 19 heavy (non-hydrogen) atoms. The molecule has 0 radical (unpaired) electrons. The highest BCUT2D eigenvalue weighted by atomic mass is 35.5. The van der Waals surface area contributed by atoms with E-state index in [0.717, 1.165) is 19.6 Å². The number of rotatable bonds is 5. The zero-order valence-corrected chi connectivity index (χ0v) is 11.9. The molecule has 1 saturated heterocycles. The fourth-order valence-corrected chi connectivity index (χ4v) is 2.72. The lowest BCUT2D eigenvalue weighted by atomic mass is 10.2. The van der Waals surface area contributed by atoms with Crippen molar-refractivity contribution in [1.29, 1.82) is 0 Å². The molecule has 1 aromatic carbocycles. The Morgan fingerprint density at radius 2 is 2.00 bits per heavy atom. The Morgan fingerprint density at radius 3 is 2.63 bits per heavy atom. The van der Waals surface area contributed by atoms with Crippen molar-refractivity contribution in [2.45, 2.75) is 12.8 Å². The lowest BCUT2D eigenvalue weighted by Gasteiger charge is -2.16. The Bertz CT molecular complexity index is 473. The van der Waals surface area contributed by atoms with Gasteiger partial charge in [-0.15, -0.1) is 0 Å². The van der Waals surface area contributed by atoms with Crippen molar-refractivity contribution in [1.82, 2.24) is 4.90 Å². The molecule has 1 aromatic rings. The summed E-state index contributed by atoms with van der Waals surface area (Å²) in [6.07, 6.45) is 2.45. The van der Waals surface area contributed by atoms with Crippen molar-refractivity contribution in [3.05, 3.63) is 27.7 Å². The molecule has 0 unspecified atom stereocenters. The van der Waals surface area contributed by atoms with E-state index in [1.54, 1.807) is 6.07 Å². The highest BCUT2D eigenvalue weighted by molar-refractivity contribution is 6.40. The number of hydrogen-bond donors (Lipinski definition) is 1. The number of hydrogen-bond acceptors (Lipinski definition) is 3. The minimum Gasteiger partial charge on any atom is -0.491 e. The van der Waals surface area contributed by atoms with Gasteiger partial charge in [-0.2, -0.15) is 0 Å². The number of carboxylic acids is 1. The van der Waals surface area contributed by atoms with Crippen LogP contribution in [0.3, 0.4) is 0 Å². The normalized spacial score (nSPS) is 15.7. The van der Waals surface area contributed by atoms with E-state index in [-0.39, 0.29) is 15.6 Å². The van der Waals surface area contributed by atoms with Crippen molar-refractivity contribution in [3.63, 3.8) is 0 Å². The van der Waals surface area contributed by atoms with E-state index in [9.17, 15) is 4.79 Å². The second-order valence-electron chi connectivity index (χ2n) is 4.44. The first-order valence-corrected chi connectivity index (χ1v) is 6.91. The molecule has 1 heterocycles. The summed E-state index contributed by atoms with van der Waals surface area (Å²) in [4.78, 5) is 13.4. The number of benzene rings is 1. The minimum atomic E-state index is -1.15. The van der Waals surface area contributed by atoms with Crippen LogP contribution >= 0.6 is 23.2 Å². The van der Waals surface area contributed by atoms with Crippen LogP contribution in [-0.4, -0.2) is 42.2 Å². The molecular formula is C13H15Cl2NO3. The standard InChI is InChI=1S/C13H15Cl2NO3/c14-9-3-4-10(12(15)11(9)13(17)18)19-8-7-16-5-1-2-6-16/h3-4H,1-2,5-8H2,(H,17,18). The topological polar surface area (TPSA) is 49.8 Å². The van der Waals surface area contributed by atoms with E-state index >= 15 is 0 Å². The lowest BCUT2D eigenvalue weighted by Crippen LogP contribution is -2.25. The van der Waals surface area contributed by atoms with Crippen LogP contribution in [0.5, 0.6) is 5.75 Å². The van der Waals surface area contributed by atoms with E-state index in [0.29, 0.717) is 12.4 Å². The van der Waals surface area contributed by atoms with Crippen LogP contribution in [0.15, 0.2) is 12.1 Å². The number of aromatic carboxylic acids is 1. The summed E-state index contributed by atoms with van der Waals surface area (Å²) < 4.78 is 5.55. The van der Waals surface area contributed by atoms with Gasteiger partial charge in [0.15, 0.2) is 0 Å². The van der Waals surface area contributed by atoms with Crippen LogP contribution in [0.25, 0.3) is 0 Å². The van der Waals surface area contributed by atoms with Gasteiger partial charge < -0.3 is 9.84 Å². The summed E-state index contributed by atoms with van der Waals surface area (Å²) in [6, 6.07) is 3.09. The smallest absolute Gasteiger partial charge is 0.338 e. The number of carbonyl (C=O) groups is 1. The van der Waals surface area contributed by atoms with Gasteiger partial charge in [0.2, 0.25) is 0 Å². The summed E-state index contributed by atoms with van der Waals surface area (Å²) in [5.41, 5.74) is -0.109. The van der Waals surface area contributed by atoms with Gasteiger partial charge in [0, 0.05) is 6.54 Å². The zero-order valence-electron chi connectivity index (χ0n) is 10.4. The van der Waals surface area contributed by atoms with Crippen molar-refractivity contribution < 1.29 is 14.6 Å². The van der Waals surface area contributed by atoms with Crippen LogP contribution in [0, 0.1) is 0 Å². The van der Waals surface area contributed by atoms with Gasteiger partial charge in [0.05, 0.1) is 10.0 Å². The van der Waals surface area contributed by atoms with Crippen LogP contribution in [0.2, 0.25) is 10.0 Å². The van der Waals surface area contributed by atoms with Gasteiger partial charge in [0.25, 0.3) is 0 Å². The van der Waals surface area contributed by atoms with Crippen LogP contribution in [0.4, 0.5) is 0 Å². The van der Waals surface area contributed by atoms with Crippen molar-refractivity contribution in [2.75, 3.05) is 26.2 Å². The SMILES string of the molecule is O=C(O)c1c(Cl)ccc(OCCN2CCCC2)c1Cl. The monoisotopic (exact) mass is 303 g/mol. The third kappa shape index (κ3) is 3.53. The fraction of sp³-hybridized carbons (Fsp3) is 0.462. The summed E-state index contributed by atoms with van der Waals surface area (Å²) in [5, 5.41) is 9.21. The Labute approximate surface area is 121 Å². The van der Waals surface area contributed by atoms with E-state index < -0.39 is 5.97 Å². The quantitative estimate of drug-likeness (QED) is 0.908. The van der Waals surface area contributed by atoms with Crippen molar-refractivity contribution >= 4 is 29.2 Å². The molecule has 104 valence electrons. The van der Waals surface area contributed by atoms with Gasteiger partial charge in [-0.1, -0.05) is 23.2 Å². The first kappa shape index (κ1) is 14.4. The maximum atomic E-state index is 11.0. The molecule has 1 fully saturated rings. The molecule has 0 spiro atoms. The lowest BCUT2D eigenvalue weighted by molar-refractivity contribution is 0.0696. The number of nitrogens with zero attached hydrogens (tertiary/aromatic N) is 1. The minimum absolute atomic E-state index is 0.0569. The summed E-state index contributed by atoms with van der Waals surface area (Å²) in [6.45, 7) is 3.50. The molecule has 1 aliphatic rings. The third-order valence-corrected chi connectivity index (χ3v) is 3.82. The van der Waals surface area contributed by atoms with Gasteiger partial charge in [0.1, 0.15) is 17.9 Å². The molecule has 2 rings (SSSR count). The Kier molecular flexibility index (Phi) is 4.91. The third-order valence-electron chi connectivity index (χ3n) is 3.13. The Balaban J connectivity index is 2.00. The maximum absolute atomic E-state index is 11.0.